The number of nitrogens with zero attached hydrogens (tertiary/aromatic N) is 1. The summed E-state index contributed by atoms with van der Waals surface area (Å²) >= 11 is 0. The highest BCUT2D eigenvalue weighted by Gasteiger charge is 2.59. The fourth-order valence-electron chi connectivity index (χ4n) is 6.77. The molecule has 0 saturated heterocycles. The lowest BCUT2D eigenvalue weighted by Gasteiger charge is -2.52. The van der Waals surface area contributed by atoms with Crippen LogP contribution in [0.5, 0.6) is 46.0 Å². The van der Waals surface area contributed by atoms with E-state index in [2.05, 4.69) is 0 Å². The van der Waals surface area contributed by atoms with Crippen LogP contribution in [0, 0.1) is 16.0 Å². The van der Waals surface area contributed by atoms with Crippen molar-refractivity contribution in [1.29, 1.82) is 0 Å². The highest BCUT2D eigenvalue weighted by molar-refractivity contribution is 5.66. The summed E-state index contributed by atoms with van der Waals surface area (Å²) in [5.74, 6) is -3.84. The van der Waals surface area contributed by atoms with Crippen LogP contribution >= 0.6 is 0 Å². The van der Waals surface area contributed by atoms with E-state index in [1.807, 2.05) is 6.92 Å². The Bertz CT molecular complexity index is 1860. The van der Waals surface area contributed by atoms with Gasteiger partial charge in [-0.25, -0.2) is 0 Å². The van der Waals surface area contributed by atoms with Crippen LogP contribution in [-0.4, -0.2) is 41.7 Å². The molecule has 6 N–H and O–H groups in total. The fraction of sp³-hybridized carbons (Fsp3) is 0.250. The van der Waals surface area contributed by atoms with Crippen molar-refractivity contribution in [1.82, 2.24) is 0 Å². The van der Waals surface area contributed by atoms with E-state index in [0.717, 1.165) is 0 Å². The molecular formula is C32H27NO11. The number of fused-ring (bicyclic) bond motifs is 8. The van der Waals surface area contributed by atoms with E-state index in [9.17, 15) is 40.8 Å². The van der Waals surface area contributed by atoms with Gasteiger partial charge in [0.25, 0.3) is 11.5 Å². The predicted molar refractivity (Wildman–Crippen MR) is 152 cm³/mol. The van der Waals surface area contributed by atoms with Crippen LogP contribution in [0.2, 0.25) is 0 Å². The van der Waals surface area contributed by atoms with E-state index in [0.29, 0.717) is 40.0 Å². The summed E-state index contributed by atoms with van der Waals surface area (Å²) in [6.07, 6.45) is -1.75. The Labute approximate surface area is 249 Å². The van der Waals surface area contributed by atoms with Gasteiger partial charge in [-0.1, -0.05) is 13.0 Å². The van der Waals surface area contributed by atoms with Gasteiger partial charge >= 0.3 is 0 Å². The predicted octanol–water partition coefficient (Wildman–Crippen LogP) is 4.96. The Morgan fingerprint density at radius 3 is 2.25 bits per heavy atom. The average molecular weight is 602 g/mol. The average Bonchev–Trinajstić information content (AvgIpc) is 2.99. The van der Waals surface area contributed by atoms with Crippen LogP contribution in [0.15, 0.2) is 60.7 Å². The van der Waals surface area contributed by atoms with Crippen LogP contribution in [-0.2, 0) is 12.2 Å². The maximum Gasteiger partial charge on any atom is 0.281 e. The number of phenols is 5. The summed E-state index contributed by atoms with van der Waals surface area (Å²) in [7, 11) is 0. The van der Waals surface area contributed by atoms with Crippen molar-refractivity contribution >= 4 is 5.69 Å². The zero-order valence-corrected chi connectivity index (χ0v) is 23.2. The number of rotatable bonds is 4. The molecule has 2 bridgehead atoms. The molecule has 44 heavy (non-hydrogen) atoms. The molecule has 0 saturated carbocycles. The minimum absolute atomic E-state index is 0.0282. The van der Waals surface area contributed by atoms with Gasteiger partial charge < -0.3 is 44.8 Å². The largest absolute Gasteiger partial charge is 0.507 e. The maximum atomic E-state index is 11.8. The maximum absolute atomic E-state index is 11.8. The number of ether oxygens (including phenoxy) is 3. The number of hydrogen-bond donors (Lipinski definition) is 6. The quantitative estimate of drug-likeness (QED) is 0.105. The Morgan fingerprint density at radius 2 is 1.57 bits per heavy atom. The lowest BCUT2D eigenvalue weighted by Crippen LogP contribution is -2.54. The molecule has 12 heteroatoms. The normalized spacial score (nSPS) is 24.5. The second kappa shape index (κ2) is 9.58. The van der Waals surface area contributed by atoms with Gasteiger partial charge in [-0.3, -0.25) is 10.1 Å². The second-order valence-corrected chi connectivity index (χ2v) is 11.2. The Kier molecular flexibility index (Phi) is 5.98. The van der Waals surface area contributed by atoms with Gasteiger partial charge in [0.1, 0.15) is 29.1 Å². The van der Waals surface area contributed by atoms with Gasteiger partial charge in [-0.05, 0) is 48.4 Å². The molecule has 0 aromatic heterocycles. The summed E-state index contributed by atoms with van der Waals surface area (Å²) in [6, 6.07) is 13.9. The van der Waals surface area contributed by atoms with E-state index >= 15 is 0 Å². The third kappa shape index (κ3) is 3.87. The molecule has 4 aromatic carbocycles. The molecule has 0 fully saturated rings. The number of aliphatic hydroxyl groups excluding tert-OH is 1. The number of benzene rings is 4. The van der Waals surface area contributed by atoms with E-state index in [-0.39, 0.29) is 40.9 Å². The van der Waals surface area contributed by atoms with Crippen molar-refractivity contribution in [3.8, 4) is 46.0 Å². The SMILES string of the molecule is CC[C@@H]1[C@@H]2c3cc([N+](=O)[O-])ccc3O[C@@]1(c1ccc(O)c(O)c1)Oc1cc(O)c3c(c12)O[C@H](c1ccc(O)c(O)c1)[C@@H](O)C3. The van der Waals surface area contributed by atoms with Gasteiger partial charge in [-0.15, -0.1) is 0 Å². The van der Waals surface area contributed by atoms with Crippen LogP contribution in [0.25, 0.3) is 0 Å². The van der Waals surface area contributed by atoms with E-state index in [1.165, 1.54) is 54.6 Å². The summed E-state index contributed by atoms with van der Waals surface area (Å²) < 4.78 is 19.6. The molecule has 0 radical (unpaired) electrons. The third-order valence-corrected chi connectivity index (χ3v) is 8.78. The van der Waals surface area contributed by atoms with Crippen molar-refractivity contribution < 1.29 is 49.8 Å². The zero-order valence-electron chi connectivity index (χ0n) is 23.2. The standard InChI is InChI=1S/C32H27NO11/c1-2-19-28-18-11-16(33(40)41)5-8-26(18)43-32(19,15-4-7-21(35)24(38)10-15)44-27-13-22(36)17-12-25(39)30(42-31(17)29(27)28)14-3-6-20(34)23(37)9-14/h3-11,13,19,25,28,30,34-39H,2,12H2,1H3/t19-,25+,28+,30-,32+/m1/s1. The number of hydrogen-bond acceptors (Lipinski definition) is 11. The molecular weight excluding hydrogens is 574 g/mol. The van der Waals surface area contributed by atoms with Crippen molar-refractivity contribution in [3.05, 3.63) is 98.6 Å². The number of aromatic hydroxyl groups is 5. The zero-order chi connectivity index (χ0) is 31.1. The summed E-state index contributed by atoms with van der Waals surface area (Å²) in [4.78, 5) is 11.3. The molecule has 4 aromatic rings. The molecule has 7 rings (SSSR count). The van der Waals surface area contributed by atoms with Crippen LogP contribution in [0.3, 0.4) is 0 Å². The summed E-state index contributed by atoms with van der Waals surface area (Å²) in [6.45, 7) is 1.90. The Morgan fingerprint density at radius 1 is 0.864 bits per heavy atom. The third-order valence-electron chi connectivity index (χ3n) is 8.78. The van der Waals surface area contributed by atoms with Crippen LogP contribution < -0.4 is 14.2 Å². The van der Waals surface area contributed by atoms with Crippen LogP contribution in [0.4, 0.5) is 5.69 Å². The molecule has 226 valence electrons. The highest BCUT2D eigenvalue weighted by Crippen LogP contribution is 2.64. The lowest BCUT2D eigenvalue weighted by atomic mass is 9.68. The highest BCUT2D eigenvalue weighted by atomic mass is 16.7. The van der Waals surface area contributed by atoms with E-state index in [1.54, 1.807) is 6.07 Å². The molecule has 12 nitrogen and oxygen atoms in total. The van der Waals surface area contributed by atoms with Crippen molar-refractivity contribution in [2.75, 3.05) is 0 Å². The number of nitro groups is 1. The van der Waals surface area contributed by atoms with Gasteiger partial charge in [0.05, 0.1) is 16.9 Å². The minimum atomic E-state index is -1.59. The minimum Gasteiger partial charge on any atom is -0.507 e. The lowest BCUT2D eigenvalue weighted by molar-refractivity contribution is -0.385. The number of phenolic OH excluding ortho intramolecular Hbond substituents is 5. The van der Waals surface area contributed by atoms with Crippen molar-refractivity contribution in [2.24, 2.45) is 5.92 Å². The first kappa shape index (κ1) is 27.5. The van der Waals surface area contributed by atoms with Crippen molar-refractivity contribution in [3.63, 3.8) is 0 Å². The van der Waals surface area contributed by atoms with Crippen LogP contribution in [0.1, 0.15) is 53.2 Å². The van der Waals surface area contributed by atoms with Gasteiger partial charge in [0.15, 0.2) is 23.0 Å². The molecule has 0 amide bonds. The van der Waals surface area contributed by atoms with E-state index < -0.39 is 46.3 Å². The van der Waals surface area contributed by atoms with E-state index in [4.69, 9.17) is 14.2 Å². The molecule has 3 aliphatic rings. The molecule has 3 aliphatic heterocycles. The summed E-state index contributed by atoms with van der Waals surface area (Å²) in [5, 5.41) is 74.5. The molecule has 0 unspecified atom stereocenters. The van der Waals surface area contributed by atoms with Gasteiger partial charge in [-0.2, -0.15) is 0 Å². The fourth-order valence-corrected chi connectivity index (χ4v) is 6.77. The molecule has 3 heterocycles. The summed E-state index contributed by atoms with van der Waals surface area (Å²) in [5.41, 5.74) is 1.85. The van der Waals surface area contributed by atoms with Gasteiger partial charge in [0.2, 0.25) is 0 Å². The Hall–Kier alpha value is -5.36. The number of nitro benzene ring substituents is 1. The first-order valence-electron chi connectivity index (χ1n) is 14.0. The molecule has 0 spiro atoms. The second-order valence-electron chi connectivity index (χ2n) is 11.2. The number of aliphatic hydroxyl groups is 1. The topological polar surface area (TPSA) is 192 Å². The molecule has 5 atom stereocenters. The molecule has 0 aliphatic carbocycles. The van der Waals surface area contributed by atoms with Gasteiger partial charge in [0, 0.05) is 52.8 Å². The van der Waals surface area contributed by atoms with Crippen molar-refractivity contribution in [2.45, 2.75) is 43.7 Å². The first-order chi connectivity index (χ1) is 21.0. The monoisotopic (exact) mass is 601 g/mol. The number of non-ortho nitro benzene ring substituents is 1. The smallest absolute Gasteiger partial charge is 0.281 e. The Balaban J connectivity index is 1.49. The first-order valence-corrected chi connectivity index (χ1v) is 14.0.